The molecule has 1 aromatic heterocycles. The van der Waals surface area contributed by atoms with Crippen LogP contribution in [-0.4, -0.2) is 84.9 Å². The first-order chi connectivity index (χ1) is 13.8. The number of ether oxygens (including phenoxy) is 1. The predicted molar refractivity (Wildman–Crippen MR) is 108 cm³/mol. The first-order valence-corrected chi connectivity index (χ1v) is 12.0. The lowest BCUT2D eigenvalue weighted by molar-refractivity contribution is 0.0706. The predicted octanol–water partition coefficient (Wildman–Crippen LogP) is 1.46. The van der Waals surface area contributed by atoms with Gasteiger partial charge in [-0.1, -0.05) is 0 Å². The first-order valence-electron chi connectivity index (χ1n) is 10.1. The molecule has 1 N–H and O–H groups in total. The summed E-state index contributed by atoms with van der Waals surface area (Å²) in [6, 6.07) is 4.05. The Bertz CT molecular complexity index is 825. The molecule has 3 fully saturated rings. The topological polar surface area (TPSA) is 103 Å². The van der Waals surface area contributed by atoms with Crippen molar-refractivity contribution in [1.82, 2.24) is 14.2 Å². The summed E-state index contributed by atoms with van der Waals surface area (Å²) in [4.78, 5) is 19.5. The summed E-state index contributed by atoms with van der Waals surface area (Å²) in [5, 5.41) is 9.35. The van der Waals surface area contributed by atoms with E-state index in [0.717, 1.165) is 31.4 Å². The molecule has 3 saturated heterocycles. The van der Waals surface area contributed by atoms with E-state index in [-0.39, 0.29) is 12.1 Å². The van der Waals surface area contributed by atoms with Crippen molar-refractivity contribution in [2.24, 2.45) is 5.92 Å². The zero-order valence-electron chi connectivity index (χ0n) is 16.6. The van der Waals surface area contributed by atoms with Crippen molar-refractivity contribution in [3.63, 3.8) is 0 Å². The van der Waals surface area contributed by atoms with Crippen LogP contribution < -0.4 is 9.64 Å². The van der Waals surface area contributed by atoms with Gasteiger partial charge < -0.3 is 19.6 Å². The van der Waals surface area contributed by atoms with Crippen molar-refractivity contribution < 1.29 is 23.1 Å². The Morgan fingerprint density at radius 1 is 1.17 bits per heavy atom. The molecular formula is C19H28N4O5S. The van der Waals surface area contributed by atoms with Crippen molar-refractivity contribution >= 4 is 21.8 Å². The van der Waals surface area contributed by atoms with E-state index in [2.05, 4.69) is 9.88 Å². The molecule has 10 heteroatoms. The van der Waals surface area contributed by atoms with E-state index in [1.807, 2.05) is 12.1 Å². The van der Waals surface area contributed by atoms with Crippen LogP contribution in [0.5, 0.6) is 5.88 Å². The summed E-state index contributed by atoms with van der Waals surface area (Å²) >= 11 is 0. The van der Waals surface area contributed by atoms with Crippen LogP contribution in [0.25, 0.3) is 0 Å². The number of nitrogens with zero attached hydrogens (tertiary/aromatic N) is 4. The third kappa shape index (κ3) is 4.42. The van der Waals surface area contributed by atoms with E-state index in [1.54, 1.807) is 11.1 Å². The number of anilines is 1. The van der Waals surface area contributed by atoms with Gasteiger partial charge in [0.2, 0.25) is 15.9 Å². The molecule has 3 aliphatic rings. The Morgan fingerprint density at radius 2 is 1.83 bits per heavy atom. The maximum absolute atomic E-state index is 11.6. The van der Waals surface area contributed by atoms with Crippen molar-refractivity contribution in [2.75, 3.05) is 43.9 Å². The molecular weight excluding hydrogens is 396 g/mol. The van der Waals surface area contributed by atoms with E-state index in [0.29, 0.717) is 44.6 Å². The lowest BCUT2D eigenvalue weighted by Crippen LogP contribution is -2.48. The Balaban J connectivity index is 1.27. The molecule has 29 heavy (non-hydrogen) atoms. The zero-order valence-corrected chi connectivity index (χ0v) is 17.4. The van der Waals surface area contributed by atoms with Crippen LogP contribution in [0.15, 0.2) is 18.3 Å². The van der Waals surface area contributed by atoms with Gasteiger partial charge in [-0.05, 0) is 37.7 Å². The highest BCUT2D eigenvalue weighted by molar-refractivity contribution is 7.88. The van der Waals surface area contributed by atoms with E-state index in [4.69, 9.17) is 4.74 Å². The second kappa shape index (κ2) is 7.98. The van der Waals surface area contributed by atoms with Gasteiger partial charge in [0, 0.05) is 44.3 Å². The number of piperidine rings is 1. The second-order valence-electron chi connectivity index (χ2n) is 8.23. The van der Waals surface area contributed by atoms with Gasteiger partial charge in [-0.2, -0.15) is 4.31 Å². The Morgan fingerprint density at radius 3 is 2.34 bits per heavy atom. The molecule has 4 heterocycles. The van der Waals surface area contributed by atoms with Gasteiger partial charge in [-0.15, -0.1) is 0 Å². The quantitative estimate of drug-likeness (QED) is 0.763. The molecule has 160 valence electrons. The van der Waals surface area contributed by atoms with Crippen LogP contribution in [-0.2, 0) is 10.0 Å². The highest BCUT2D eigenvalue weighted by atomic mass is 32.2. The molecule has 4 rings (SSSR count). The van der Waals surface area contributed by atoms with Gasteiger partial charge in [0.05, 0.1) is 24.7 Å². The number of rotatable bonds is 5. The Kier molecular flexibility index (Phi) is 5.56. The normalized spacial score (nSPS) is 27.8. The third-order valence-corrected chi connectivity index (χ3v) is 7.62. The Labute approximate surface area is 171 Å². The molecule has 3 aliphatic heterocycles. The fourth-order valence-electron chi connectivity index (χ4n) is 4.86. The maximum atomic E-state index is 11.6. The summed E-state index contributed by atoms with van der Waals surface area (Å²) < 4.78 is 30.6. The molecule has 2 unspecified atom stereocenters. The van der Waals surface area contributed by atoms with E-state index >= 15 is 0 Å². The van der Waals surface area contributed by atoms with Gasteiger partial charge in [-0.3, -0.25) is 0 Å². The minimum atomic E-state index is -3.13. The number of sulfonamides is 1. The van der Waals surface area contributed by atoms with Gasteiger partial charge in [0.25, 0.3) is 0 Å². The summed E-state index contributed by atoms with van der Waals surface area (Å²) in [7, 11) is -3.13. The summed E-state index contributed by atoms with van der Waals surface area (Å²) in [5.74, 6) is 0.921. The number of pyridine rings is 1. The number of aromatic nitrogens is 1. The van der Waals surface area contributed by atoms with Crippen LogP contribution in [0.4, 0.5) is 10.5 Å². The van der Waals surface area contributed by atoms with Crippen LogP contribution in [0, 0.1) is 5.92 Å². The second-order valence-corrected chi connectivity index (χ2v) is 10.2. The van der Waals surface area contributed by atoms with Crippen molar-refractivity contribution in [1.29, 1.82) is 0 Å². The highest BCUT2D eigenvalue weighted by Gasteiger charge is 2.43. The van der Waals surface area contributed by atoms with Crippen LogP contribution in [0.2, 0.25) is 0 Å². The third-order valence-electron chi connectivity index (χ3n) is 6.31. The standard InChI is InChI=1S/C19H28N4O5S/c1-29(26,27)22-8-6-21(7-9-22)17-4-5-18(20-12-17)28-13-14-10-15-2-3-16(11-14)23(15)19(24)25/h4-5,12,14-16H,2-3,6-11,13H2,1H3,(H,24,25). The van der Waals surface area contributed by atoms with E-state index < -0.39 is 16.1 Å². The average Bonchev–Trinajstić information content (AvgIpc) is 2.97. The summed E-state index contributed by atoms with van der Waals surface area (Å²) in [6.07, 6.45) is 5.82. The van der Waals surface area contributed by atoms with E-state index in [1.165, 1.54) is 10.6 Å². The summed E-state index contributed by atoms with van der Waals surface area (Å²) in [6.45, 7) is 2.79. The van der Waals surface area contributed by atoms with Crippen molar-refractivity contribution in [3.05, 3.63) is 18.3 Å². The summed E-state index contributed by atoms with van der Waals surface area (Å²) in [5.41, 5.74) is 0.957. The molecule has 0 aromatic carbocycles. The molecule has 2 atom stereocenters. The van der Waals surface area contributed by atoms with Gasteiger partial charge in [0.15, 0.2) is 0 Å². The smallest absolute Gasteiger partial charge is 0.407 e. The molecule has 0 radical (unpaired) electrons. The average molecular weight is 425 g/mol. The van der Waals surface area contributed by atoms with Crippen molar-refractivity contribution in [2.45, 2.75) is 37.8 Å². The number of carboxylic acid groups (broad SMARTS) is 1. The molecule has 0 aliphatic carbocycles. The molecule has 2 bridgehead atoms. The number of hydrogen-bond donors (Lipinski definition) is 1. The first kappa shape index (κ1) is 20.2. The lowest BCUT2D eigenvalue weighted by Gasteiger charge is -2.36. The van der Waals surface area contributed by atoms with Crippen LogP contribution >= 0.6 is 0 Å². The van der Waals surface area contributed by atoms with Gasteiger partial charge in [0.1, 0.15) is 0 Å². The van der Waals surface area contributed by atoms with Crippen LogP contribution in [0.3, 0.4) is 0 Å². The van der Waals surface area contributed by atoms with Gasteiger partial charge in [-0.25, -0.2) is 18.2 Å². The largest absolute Gasteiger partial charge is 0.477 e. The van der Waals surface area contributed by atoms with Crippen LogP contribution in [0.1, 0.15) is 25.7 Å². The molecule has 9 nitrogen and oxygen atoms in total. The molecule has 1 aromatic rings. The SMILES string of the molecule is CS(=O)(=O)N1CCN(c2ccc(OCC3CC4CCC(C3)N4C(=O)O)nc2)CC1. The number of hydrogen-bond acceptors (Lipinski definition) is 6. The van der Waals surface area contributed by atoms with Crippen molar-refractivity contribution in [3.8, 4) is 5.88 Å². The van der Waals surface area contributed by atoms with Gasteiger partial charge >= 0.3 is 6.09 Å². The number of carbonyl (C=O) groups is 1. The molecule has 0 spiro atoms. The molecule has 0 saturated carbocycles. The zero-order chi connectivity index (χ0) is 20.6. The minimum Gasteiger partial charge on any atom is -0.477 e. The lowest BCUT2D eigenvalue weighted by atomic mass is 9.92. The number of fused-ring (bicyclic) bond motifs is 2. The van der Waals surface area contributed by atoms with E-state index in [9.17, 15) is 18.3 Å². The fourth-order valence-corrected chi connectivity index (χ4v) is 5.69. The number of amides is 1. The molecule has 1 amide bonds. The number of piperazine rings is 1. The fraction of sp³-hybridized carbons (Fsp3) is 0.684. The minimum absolute atomic E-state index is 0.126. The Hall–Kier alpha value is -2.07. The highest BCUT2D eigenvalue weighted by Crippen LogP contribution is 2.38. The maximum Gasteiger partial charge on any atom is 0.407 e. The monoisotopic (exact) mass is 424 g/mol.